The van der Waals surface area contributed by atoms with Crippen LogP contribution in [0.5, 0.6) is 0 Å². The van der Waals surface area contributed by atoms with E-state index in [1.807, 2.05) is 10.7 Å². The van der Waals surface area contributed by atoms with Gasteiger partial charge < -0.3 is 0 Å². The first-order valence-electron chi connectivity index (χ1n) is 8.78. The van der Waals surface area contributed by atoms with Crippen LogP contribution in [-0.2, 0) is 13.2 Å². The number of nitro groups is 1. The molecule has 0 amide bonds. The average molecular weight is 351 g/mol. The minimum absolute atomic E-state index is 0.103. The number of benzene rings is 2. The SMILES string of the molecule is O=[N+]([O-])c1ccc2c(cnn2CN2CCN(Cc3ccccc3)CC2)c1. The van der Waals surface area contributed by atoms with Crippen molar-refractivity contribution in [2.45, 2.75) is 13.2 Å². The smallest absolute Gasteiger partial charge is 0.270 e. The quantitative estimate of drug-likeness (QED) is 0.522. The van der Waals surface area contributed by atoms with Crippen LogP contribution in [0.15, 0.2) is 54.7 Å². The third kappa shape index (κ3) is 3.58. The van der Waals surface area contributed by atoms with Crippen molar-refractivity contribution in [3.8, 4) is 0 Å². The molecule has 0 atom stereocenters. The molecular weight excluding hydrogens is 330 g/mol. The Hall–Kier alpha value is -2.77. The molecule has 3 aromatic rings. The number of rotatable bonds is 5. The van der Waals surface area contributed by atoms with E-state index in [2.05, 4.69) is 39.2 Å². The summed E-state index contributed by atoms with van der Waals surface area (Å²) in [4.78, 5) is 15.4. The van der Waals surface area contributed by atoms with Crippen LogP contribution in [0.4, 0.5) is 5.69 Å². The molecule has 7 nitrogen and oxygen atoms in total. The van der Waals surface area contributed by atoms with E-state index in [-0.39, 0.29) is 10.6 Å². The molecule has 0 aliphatic carbocycles. The van der Waals surface area contributed by atoms with Crippen molar-refractivity contribution in [1.29, 1.82) is 0 Å². The van der Waals surface area contributed by atoms with E-state index >= 15 is 0 Å². The maximum atomic E-state index is 10.9. The van der Waals surface area contributed by atoms with Gasteiger partial charge in [0, 0.05) is 50.2 Å². The highest BCUT2D eigenvalue weighted by molar-refractivity contribution is 5.81. The van der Waals surface area contributed by atoms with Crippen LogP contribution in [0.1, 0.15) is 5.56 Å². The van der Waals surface area contributed by atoms with Crippen molar-refractivity contribution in [2.24, 2.45) is 0 Å². The van der Waals surface area contributed by atoms with Gasteiger partial charge >= 0.3 is 0 Å². The van der Waals surface area contributed by atoms with E-state index in [0.29, 0.717) is 6.67 Å². The summed E-state index contributed by atoms with van der Waals surface area (Å²) in [7, 11) is 0. The molecule has 7 heteroatoms. The Morgan fingerprint density at radius 3 is 2.46 bits per heavy atom. The van der Waals surface area contributed by atoms with Gasteiger partial charge in [0.2, 0.25) is 0 Å². The molecule has 0 saturated carbocycles. The largest absolute Gasteiger partial charge is 0.297 e. The van der Waals surface area contributed by atoms with E-state index in [1.165, 1.54) is 11.6 Å². The van der Waals surface area contributed by atoms with Crippen molar-refractivity contribution in [3.05, 3.63) is 70.4 Å². The Morgan fingerprint density at radius 1 is 1.00 bits per heavy atom. The van der Waals surface area contributed by atoms with Crippen molar-refractivity contribution in [2.75, 3.05) is 26.2 Å². The Morgan fingerprint density at radius 2 is 1.73 bits per heavy atom. The number of aromatic nitrogens is 2. The standard InChI is InChI=1S/C19H21N5O2/c25-24(26)18-6-7-19-17(12-18)13-20-23(19)15-22-10-8-21(9-11-22)14-16-4-2-1-3-5-16/h1-7,12-13H,8-11,14-15H2. The molecule has 1 aliphatic heterocycles. The average Bonchev–Trinajstić information content (AvgIpc) is 3.06. The first-order chi connectivity index (χ1) is 12.7. The second-order valence-corrected chi connectivity index (χ2v) is 6.67. The van der Waals surface area contributed by atoms with Gasteiger partial charge in [0.1, 0.15) is 0 Å². The molecule has 1 aromatic heterocycles. The zero-order valence-electron chi connectivity index (χ0n) is 14.5. The lowest BCUT2D eigenvalue weighted by Crippen LogP contribution is -2.46. The molecule has 1 aliphatic rings. The fraction of sp³-hybridized carbons (Fsp3) is 0.316. The second kappa shape index (κ2) is 7.23. The number of hydrogen-bond donors (Lipinski definition) is 0. The lowest BCUT2D eigenvalue weighted by Gasteiger charge is -2.34. The molecule has 2 heterocycles. The first-order valence-corrected chi connectivity index (χ1v) is 8.78. The van der Waals surface area contributed by atoms with E-state index in [9.17, 15) is 10.1 Å². The lowest BCUT2D eigenvalue weighted by molar-refractivity contribution is -0.384. The maximum Gasteiger partial charge on any atom is 0.270 e. The molecule has 1 saturated heterocycles. The summed E-state index contributed by atoms with van der Waals surface area (Å²) < 4.78 is 1.92. The summed E-state index contributed by atoms with van der Waals surface area (Å²) in [5, 5.41) is 16.1. The number of hydrogen-bond acceptors (Lipinski definition) is 5. The molecule has 0 N–H and O–H groups in total. The Bertz CT molecular complexity index is 901. The van der Waals surface area contributed by atoms with Gasteiger partial charge in [-0.25, -0.2) is 0 Å². The van der Waals surface area contributed by atoms with Gasteiger partial charge in [0.25, 0.3) is 5.69 Å². The number of piperazine rings is 1. The number of nitrogens with zero attached hydrogens (tertiary/aromatic N) is 5. The van der Waals surface area contributed by atoms with E-state index in [0.717, 1.165) is 43.6 Å². The number of non-ortho nitro benzene ring substituents is 1. The van der Waals surface area contributed by atoms with Gasteiger partial charge in [-0.05, 0) is 11.6 Å². The van der Waals surface area contributed by atoms with Gasteiger partial charge in [0.05, 0.1) is 23.3 Å². The predicted octanol–water partition coefficient (Wildman–Crippen LogP) is 2.72. The van der Waals surface area contributed by atoms with Crippen molar-refractivity contribution in [3.63, 3.8) is 0 Å². The minimum atomic E-state index is -0.372. The Balaban J connectivity index is 1.37. The highest BCUT2D eigenvalue weighted by Gasteiger charge is 2.18. The zero-order chi connectivity index (χ0) is 17.9. The van der Waals surface area contributed by atoms with Crippen LogP contribution in [0.2, 0.25) is 0 Å². The number of fused-ring (bicyclic) bond motifs is 1. The van der Waals surface area contributed by atoms with E-state index in [1.54, 1.807) is 18.3 Å². The molecule has 0 bridgehead atoms. The Labute approximate surface area is 151 Å². The number of nitro benzene ring substituents is 1. The molecule has 1 fully saturated rings. The molecular formula is C19H21N5O2. The van der Waals surface area contributed by atoms with Gasteiger partial charge in [0.15, 0.2) is 0 Å². The molecule has 4 rings (SSSR count). The van der Waals surface area contributed by atoms with Crippen LogP contribution in [0.3, 0.4) is 0 Å². The van der Waals surface area contributed by atoms with Crippen LogP contribution in [0.25, 0.3) is 10.9 Å². The second-order valence-electron chi connectivity index (χ2n) is 6.67. The Kier molecular flexibility index (Phi) is 4.64. The lowest BCUT2D eigenvalue weighted by atomic mass is 10.2. The predicted molar refractivity (Wildman–Crippen MR) is 99.7 cm³/mol. The first kappa shape index (κ1) is 16.7. The zero-order valence-corrected chi connectivity index (χ0v) is 14.5. The fourth-order valence-corrected chi connectivity index (χ4v) is 3.42. The van der Waals surface area contributed by atoms with Crippen molar-refractivity contribution >= 4 is 16.6 Å². The summed E-state index contributed by atoms with van der Waals surface area (Å²) in [6, 6.07) is 15.5. The van der Waals surface area contributed by atoms with Crippen molar-refractivity contribution in [1.82, 2.24) is 19.6 Å². The highest BCUT2D eigenvalue weighted by Crippen LogP contribution is 2.21. The third-order valence-electron chi connectivity index (χ3n) is 4.88. The van der Waals surface area contributed by atoms with Crippen LogP contribution in [-0.4, -0.2) is 50.7 Å². The van der Waals surface area contributed by atoms with Gasteiger partial charge in [-0.3, -0.25) is 24.6 Å². The summed E-state index contributed by atoms with van der Waals surface area (Å²) >= 11 is 0. The molecule has 0 unspecified atom stereocenters. The van der Waals surface area contributed by atoms with Crippen LogP contribution in [0, 0.1) is 10.1 Å². The maximum absolute atomic E-state index is 10.9. The van der Waals surface area contributed by atoms with Crippen LogP contribution >= 0.6 is 0 Å². The van der Waals surface area contributed by atoms with E-state index < -0.39 is 0 Å². The molecule has 2 aromatic carbocycles. The molecule has 0 spiro atoms. The molecule has 0 radical (unpaired) electrons. The fourth-order valence-electron chi connectivity index (χ4n) is 3.42. The topological polar surface area (TPSA) is 67.4 Å². The van der Waals surface area contributed by atoms with E-state index in [4.69, 9.17) is 0 Å². The summed E-state index contributed by atoms with van der Waals surface area (Å²) in [5.41, 5.74) is 2.38. The monoisotopic (exact) mass is 351 g/mol. The third-order valence-corrected chi connectivity index (χ3v) is 4.88. The minimum Gasteiger partial charge on any atom is -0.297 e. The van der Waals surface area contributed by atoms with Crippen LogP contribution < -0.4 is 0 Å². The van der Waals surface area contributed by atoms with Gasteiger partial charge in [-0.15, -0.1) is 0 Å². The van der Waals surface area contributed by atoms with Gasteiger partial charge in [-0.1, -0.05) is 30.3 Å². The van der Waals surface area contributed by atoms with Crippen molar-refractivity contribution < 1.29 is 4.92 Å². The summed E-state index contributed by atoms with van der Waals surface area (Å²) in [6.45, 7) is 5.73. The van der Waals surface area contributed by atoms with Gasteiger partial charge in [-0.2, -0.15) is 5.10 Å². The summed E-state index contributed by atoms with van der Waals surface area (Å²) in [5.74, 6) is 0. The molecule has 134 valence electrons. The normalized spacial score (nSPS) is 16.2. The summed E-state index contributed by atoms with van der Waals surface area (Å²) in [6.07, 6.45) is 1.70. The molecule has 26 heavy (non-hydrogen) atoms. The highest BCUT2D eigenvalue weighted by atomic mass is 16.6.